The van der Waals surface area contributed by atoms with Crippen molar-refractivity contribution >= 4 is 0 Å². The topological polar surface area (TPSA) is 35.2 Å². The molecule has 0 amide bonds. The second-order valence-corrected chi connectivity index (χ2v) is 4.81. The standard InChI is InChI=1S/C15H20FNO/c1-18-15-8-7-12(16)10-13(15)14(17)9-11-5-3-2-4-6-11/h5,7-8,10,14H,2-4,6,9,17H2,1H3. The predicted octanol–water partition coefficient (Wildman–Crippen LogP) is 3.72. The van der Waals surface area contributed by atoms with E-state index in [0.717, 1.165) is 24.8 Å². The number of nitrogens with two attached hydrogens (primary N) is 1. The van der Waals surface area contributed by atoms with E-state index in [4.69, 9.17) is 10.5 Å². The third-order valence-electron chi connectivity index (χ3n) is 3.46. The fraction of sp³-hybridized carbons (Fsp3) is 0.467. The third kappa shape index (κ3) is 3.10. The number of benzene rings is 1. The van der Waals surface area contributed by atoms with Gasteiger partial charge < -0.3 is 10.5 Å². The average Bonchev–Trinajstić information content (AvgIpc) is 2.40. The third-order valence-corrected chi connectivity index (χ3v) is 3.46. The van der Waals surface area contributed by atoms with Crippen molar-refractivity contribution in [2.75, 3.05) is 7.11 Å². The molecule has 0 heterocycles. The molecule has 1 aromatic carbocycles. The van der Waals surface area contributed by atoms with Crippen LogP contribution in [-0.4, -0.2) is 7.11 Å². The maximum absolute atomic E-state index is 13.3. The van der Waals surface area contributed by atoms with Crippen molar-refractivity contribution in [1.29, 1.82) is 0 Å². The number of hydrogen-bond acceptors (Lipinski definition) is 2. The fourth-order valence-electron chi connectivity index (χ4n) is 2.48. The molecule has 3 heteroatoms. The van der Waals surface area contributed by atoms with Gasteiger partial charge in [0.2, 0.25) is 0 Å². The summed E-state index contributed by atoms with van der Waals surface area (Å²) in [5.41, 5.74) is 8.33. The predicted molar refractivity (Wildman–Crippen MR) is 71.0 cm³/mol. The monoisotopic (exact) mass is 249 g/mol. The average molecular weight is 249 g/mol. The lowest BCUT2D eigenvalue weighted by Gasteiger charge is -2.19. The van der Waals surface area contributed by atoms with E-state index in [-0.39, 0.29) is 11.9 Å². The minimum atomic E-state index is -0.265. The van der Waals surface area contributed by atoms with Crippen LogP contribution in [0.2, 0.25) is 0 Å². The van der Waals surface area contributed by atoms with Crippen molar-refractivity contribution in [3.63, 3.8) is 0 Å². The lowest BCUT2D eigenvalue weighted by atomic mass is 9.91. The van der Waals surface area contributed by atoms with Crippen molar-refractivity contribution in [1.82, 2.24) is 0 Å². The highest BCUT2D eigenvalue weighted by Gasteiger charge is 2.15. The van der Waals surface area contributed by atoms with Crippen LogP contribution in [0.5, 0.6) is 5.75 Å². The molecule has 0 bridgehead atoms. The van der Waals surface area contributed by atoms with Gasteiger partial charge in [0.25, 0.3) is 0 Å². The Balaban J connectivity index is 2.14. The number of methoxy groups -OCH3 is 1. The largest absolute Gasteiger partial charge is 0.496 e. The summed E-state index contributed by atoms with van der Waals surface area (Å²) in [5, 5.41) is 0. The SMILES string of the molecule is COc1ccc(F)cc1C(N)CC1=CCCCC1. The zero-order chi connectivity index (χ0) is 13.0. The molecule has 1 aliphatic rings. The van der Waals surface area contributed by atoms with Gasteiger partial charge in [0.1, 0.15) is 11.6 Å². The van der Waals surface area contributed by atoms with Gasteiger partial charge in [0.05, 0.1) is 7.11 Å². The molecule has 98 valence electrons. The summed E-state index contributed by atoms with van der Waals surface area (Å²) in [6, 6.07) is 4.32. The van der Waals surface area contributed by atoms with Gasteiger partial charge in [-0.1, -0.05) is 11.6 Å². The van der Waals surface area contributed by atoms with Gasteiger partial charge in [-0.25, -0.2) is 4.39 Å². The van der Waals surface area contributed by atoms with Crippen molar-refractivity contribution in [2.45, 2.75) is 38.1 Å². The zero-order valence-electron chi connectivity index (χ0n) is 10.8. The van der Waals surface area contributed by atoms with Crippen molar-refractivity contribution in [3.8, 4) is 5.75 Å². The van der Waals surface area contributed by atoms with E-state index in [1.165, 1.54) is 30.5 Å². The van der Waals surface area contributed by atoms with Crippen molar-refractivity contribution < 1.29 is 9.13 Å². The summed E-state index contributed by atoms with van der Waals surface area (Å²) in [5.74, 6) is 0.402. The second kappa shape index (κ2) is 6.01. The van der Waals surface area contributed by atoms with Gasteiger partial charge >= 0.3 is 0 Å². The molecule has 1 atom stereocenters. The molecule has 2 nitrogen and oxygen atoms in total. The molecular weight excluding hydrogens is 229 g/mol. The smallest absolute Gasteiger partial charge is 0.123 e. The molecule has 1 aliphatic carbocycles. The van der Waals surface area contributed by atoms with E-state index in [1.54, 1.807) is 13.2 Å². The van der Waals surface area contributed by atoms with Crippen molar-refractivity contribution in [3.05, 3.63) is 41.2 Å². The quantitative estimate of drug-likeness (QED) is 0.825. The first kappa shape index (κ1) is 13.1. The van der Waals surface area contributed by atoms with Crippen molar-refractivity contribution in [2.24, 2.45) is 5.73 Å². The van der Waals surface area contributed by atoms with Gasteiger partial charge in [-0.05, 0) is 50.3 Å². The zero-order valence-corrected chi connectivity index (χ0v) is 10.8. The molecule has 2 rings (SSSR count). The molecule has 0 aliphatic heterocycles. The molecule has 0 saturated heterocycles. The molecule has 0 radical (unpaired) electrons. The molecule has 0 aromatic heterocycles. The summed E-state index contributed by atoms with van der Waals surface area (Å²) in [7, 11) is 1.59. The first-order valence-electron chi connectivity index (χ1n) is 6.47. The van der Waals surface area contributed by atoms with Gasteiger partial charge in [-0.2, -0.15) is 0 Å². The van der Waals surface area contributed by atoms with E-state index in [9.17, 15) is 4.39 Å². The Labute approximate surface area is 108 Å². The molecule has 0 spiro atoms. The Morgan fingerprint density at radius 2 is 2.22 bits per heavy atom. The maximum Gasteiger partial charge on any atom is 0.123 e. The number of ether oxygens (including phenoxy) is 1. The van der Waals surface area contributed by atoms with Gasteiger partial charge in [0, 0.05) is 11.6 Å². The number of hydrogen-bond donors (Lipinski definition) is 1. The summed E-state index contributed by atoms with van der Waals surface area (Å²) >= 11 is 0. The fourth-order valence-corrected chi connectivity index (χ4v) is 2.48. The van der Waals surface area contributed by atoms with Crippen LogP contribution in [0.15, 0.2) is 29.8 Å². The van der Waals surface area contributed by atoms with Crippen LogP contribution in [0, 0.1) is 5.82 Å². The van der Waals surface area contributed by atoms with Gasteiger partial charge in [0.15, 0.2) is 0 Å². The summed E-state index contributed by atoms with van der Waals surface area (Å²) in [4.78, 5) is 0. The molecule has 18 heavy (non-hydrogen) atoms. The Hall–Kier alpha value is -1.35. The van der Waals surface area contributed by atoms with E-state index >= 15 is 0 Å². The highest BCUT2D eigenvalue weighted by Crippen LogP contribution is 2.31. The van der Waals surface area contributed by atoms with Crippen LogP contribution in [0.4, 0.5) is 4.39 Å². The van der Waals surface area contributed by atoms with E-state index in [0.29, 0.717) is 5.75 Å². The lowest BCUT2D eigenvalue weighted by molar-refractivity contribution is 0.403. The van der Waals surface area contributed by atoms with E-state index in [2.05, 4.69) is 6.08 Å². The molecular formula is C15H20FNO. The first-order valence-corrected chi connectivity index (χ1v) is 6.47. The molecule has 0 saturated carbocycles. The number of halogens is 1. The highest BCUT2D eigenvalue weighted by atomic mass is 19.1. The van der Waals surface area contributed by atoms with Crippen LogP contribution < -0.4 is 10.5 Å². The summed E-state index contributed by atoms with van der Waals surface area (Å²) in [6.45, 7) is 0. The van der Waals surface area contributed by atoms with Crippen LogP contribution in [-0.2, 0) is 0 Å². The Morgan fingerprint density at radius 1 is 1.39 bits per heavy atom. The minimum Gasteiger partial charge on any atom is -0.496 e. The minimum absolute atomic E-state index is 0.194. The van der Waals surface area contributed by atoms with E-state index in [1.807, 2.05) is 0 Å². The van der Waals surface area contributed by atoms with Gasteiger partial charge in [-0.3, -0.25) is 0 Å². The second-order valence-electron chi connectivity index (χ2n) is 4.81. The number of allylic oxidation sites excluding steroid dienone is 1. The molecule has 1 unspecified atom stereocenters. The van der Waals surface area contributed by atoms with Crippen LogP contribution >= 0.6 is 0 Å². The molecule has 0 fully saturated rings. The summed E-state index contributed by atoms with van der Waals surface area (Å²) < 4.78 is 18.5. The normalized spacial score (nSPS) is 17.2. The van der Waals surface area contributed by atoms with Crippen LogP contribution in [0.3, 0.4) is 0 Å². The van der Waals surface area contributed by atoms with Crippen LogP contribution in [0.1, 0.15) is 43.7 Å². The molecule has 2 N–H and O–H groups in total. The summed E-state index contributed by atoms with van der Waals surface area (Å²) in [6.07, 6.45) is 7.82. The highest BCUT2D eigenvalue weighted by molar-refractivity contribution is 5.37. The lowest BCUT2D eigenvalue weighted by Crippen LogP contribution is -2.13. The van der Waals surface area contributed by atoms with E-state index < -0.39 is 0 Å². The van der Waals surface area contributed by atoms with Gasteiger partial charge in [-0.15, -0.1) is 0 Å². The maximum atomic E-state index is 13.3. The Bertz CT molecular complexity index is 442. The molecule has 1 aromatic rings. The Morgan fingerprint density at radius 3 is 2.89 bits per heavy atom. The number of rotatable bonds is 4. The Kier molecular flexibility index (Phi) is 4.37. The van der Waals surface area contributed by atoms with Crippen LogP contribution in [0.25, 0.3) is 0 Å². The first-order chi connectivity index (χ1) is 8.70.